The molecule has 0 heterocycles. The Bertz CT molecular complexity index is 986. The van der Waals surface area contributed by atoms with Crippen LogP contribution in [0.25, 0.3) is 0 Å². The number of carbonyl (C=O) groups is 2. The van der Waals surface area contributed by atoms with Gasteiger partial charge in [-0.3, -0.25) is 9.59 Å². The smallest absolute Gasteiger partial charge is 0.253 e. The molecule has 2 amide bonds. The minimum absolute atomic E-state index is 0.0682. The van der Waals surface area contributed by atoms with Gasteiger partial charge in [0.05, 0.1) is 4.90 Å². The van der Waals surface area contributed by atoms with Crippen molar-refractivity contribution >= 4 is 21.8 Å². The molecule has 28 heavy (non-hydrogen) atoms. The van der Waals surface area contributed by atoms with E-state index in [0.29, 0.717) is 5.56 Å². The molecule has 0 atom stereocenters. The Hall–Kier alpha value is -2.71. The van der Waals surface area contributed by atoms with Crippen LogP contribution in [0.1, 0.15) is 40.1 Å². The second-order valence-corrected chi connectivity index (χ2v) is 8.87. The van der Waals surface area contributed by atoms with Crippen molar-refractivity contribution in [1.82, 2.24) is 9.21 Å². The van der Waals surface area contributed by atoms with Gasteiger partial charge in [0.2, 0.25) is 15.9 Å². The fourth-order valence-corrected chi connectivity index (χ4v) is 4.04. The molecule has 0 spiro atoms. The second kappa shape index (κ2) is 8.53. The monoisotopic (exact) mass is 403 g/mol. The van der Waals surface area contributed by atoms with E-state index in [9.17, 15) is 18.0 Å². The third-order valence-corrected chi connectivity index (χ3v) is 6.49. The molecule has 0 aromatic heterocycles. The topological polar surface area (TPSA) is 101 Å². The normalized spacial score (nSPS) is 11.6. The van der Waals surface area contributed by atoms with E-state index in [1.54, 1.807) is 57.3 Å². The van der Waals surface area contributed by atoms with E-state index in [2.05, 4.69) is 0 Å². The van der Waals surface area contributed by atoms with Crippen molar-refractivity contribution in [3.63, 3.8) is 0 Å². The summed E-state index contributed by atoms with van der Waals surface area (Å²) in [6.45, 7) is 3.81. The third-order valence-electron chi connectivity index (χ3n) is 4.46. The van der Waals surface area contributed by atoms with E-state index in [0.717, 1.165) is 5.56 Å². The summed E-state index contributed by atoms with van der Waals surface area (Å²) in [6.07, 6.45) is 0. The number of nitrogens with zero attached hydrogens (tertiary/aromatic N) is 2. The zero-order chi connectivity index (χ0) is 21.1. The zero-order valence-electron chi connectivity index (χ0n) is 16.4. The first kappa shape index (κ1) is 21.6. The molecule has 8 heteroatoms. The number of primary amides is 1. The molecule has 2 N–H and O–H groups in total. The number of hydrogen-bond acceptors (Lipinski definition) is 4. The predicted molar refractivity (Wildman–Crippen MR) is 107 cm³/mol. The van der Waals surface area contributed by atoms with Gasteiger partial charge in [-0.05, 0) is 49.7 Å². The van der Waals surface area contributed by atoms with Crippen molar-refractivity contribution in [2.75, 3.05) is 14.1 Å². The molecular weight excluding hydrogens is 378 g/mol. The van der Waals surface area contributed by atoms with Gasteiger partial charge in [-0.15, -0.1) is 0 Å². The number of carbonyl (C=O) groups excluding carboxylic acids is 2. The number of rotatable bonds is 7. The Morgan fingerprint density at radius 3 is 2.21 bits per heavy atom. The van der Waals surface area contributed by atoms with Crippen molar-refractivity contribution in [3.8, 4) is 0 Å². The van der Waals surface area contributed by atoms with Gasteiger partial charge >= 0.3 is 0 Å². The molecule has 0 radical (unpaired) electrons. The predicted octanol–water partition coefficient (Wildman–Crippen LogP) is 2.09. The SMILES string of the molecule is CC(C)N(C)S(=O)(=O)c1cccc(C(=O)N(C)Cc2cccc(C(N)=O)c2)c1. The van der Waals surface area contributed by atoms with Gasteiger partial charge in [0.1, 0.15) is 0 Å². The molecule has 0 aliphatic carbocycles. The van der Waals surface area contributed by atoms with Crippen molar-refractivity contribution < 1.29 is 18.0 Å². The highest BCUT2D eigenvalue weighted by molar-refractivity contribution is 7.89. The summed E-state index contributed by atoms with van der Waals surface area (Å²) in [5.74, 6) is -0.864. The number of benzene rings is 2. The van der Waals surface area contributed by atoms with Crippen LogP contribution in [-0.2, 0) is 16.6 Å². The van der Waals surface area contributed by atoms with Crippen molar-refractivity contribution in [1.29, 1.82) is 0 Å². The van der Waals surface area contributed by atoms with Crippen LogP contribution in [0.4, 0.5) is 0 Å². The van der Waals surface area contributed by atoms with E-state index in [4.69, 9.17) is 5.73 Å². The first-order valence-corrected chi connectivity index (χ1v) is 10.2. The molecule has 2 rings (SSSR count). The highest BCUT2D eigenvalue weighted by atomic mass is 32.2. The Labute approximate surface area is 165 Å². The van der Waals surface area contributed by atoms with Crippen LogP contribution in [0.15, 0.2) is 53.4 Å². The molecule has 7 nitrogen and oxygen atoms in total. The Kier molecular flexibility index (Phi) is 6.58. The van der Waals surface area contributed by atoms with Crippen LogP contribution in [0.3, 0.4) is 0 Å². The Morgan fingerprint density at radius 1 is 1.00 bits per heavy atom. The van der Waals surface area contributed by atoms with Crippen molar-refractivity contribution in [2.45, 2.75) is 31.3 Å². The van der Waals surface area contributed by atoms with E-state index >= 15 is 0 Å². The second-order valence-electron chi connectivity index (χ2n) is 6.87. The van der Waals surface area contributed by atoms with Gasteiger partial charge in [0, 0.05) is 37.8 Å². The fraction of sp³-hybridized carbons (Fsp3) is 0.300. The quantitative estimate of drug-likeness (QED) is 0.765. The number of nitrogens with two attached hydrogens (primary N) is 1. The minimum atomic E-state index is -3.68. The van der Waals surface area contributed by atoms with Gasteiger partial charge in [0.25, 0.3) is 5.91 Å². The Balaban J connectivity index is 2.25. The molecule has 0 saturated carbocycles. The van der Waals surface area contributed by atoms with E-state index < -0.39 is 15.9 Å². The molecule has 0 bridgehead atoms. The van der Waals surface area contributed by atoms with Crippen molar-refractivity contribution in [2.24, 2.45) is 5.73 Å². The molecule has 0 aliphatic rings. The number of amides is 2. The molecular formula is C20H25N3O4S. The van der Waals surface area contributed by atoms with Crippen LogP contribution < -0.4 is 5.73 Å². The van der Waals surface area contributed by atoms with Gasteiger partial charge in [-0.1, -0.05) is 18.2 Å². The zero-order valence-corrected chi connectivity index (χ0v) is 17.2. The number of sulfonamides is 1. The van der Waals surface area contributed by atoms with E-state index in [-0.39, 0.29) is 29.0 Å². The molecule has 150 valence electrons. The first-order valence-electron chi connectivity index (χ1n) is 8.76. The first-order chi connectivity index (χ1) is 13.0. The average Bonchev–Trinajstić information content (AvgIpc) is 2.66. The molecule has 0 unspecified atom stereocenters. The summed E-state index contributed by atoms with van der Waals surface area (Å²) in [5, 5.41) is 0. The number of hydrogen-bond donors (Lipinski definition) is 1. The van der Waals surface area contributed by atoms with Crippen LogP contribution in [0.2, 0.25) is 0 Å². The van der Waals surface area contributed by atoms with Crippen LogP contribution in [0.5, 0.6) is 0 Å². The minimum Gasteiger partial charge on any atom is -0.366 e. The summed E-state index contributed by atoms with van der Waals surface area (Å²) < 4.78 is 26.6. The average molecular weight is 404 g/mol. The standard InChI is InChI=1S/C20H25N3O4S/c1-14(2)23(4)28(26,27)18-10-6-9-17(12-18)20(25)22(3)13-15-7-5-8-16(11-15)19(21)24/h5-12,14H,13H2,1-4H3,(H2,21,24). The lowest BCUT2D eigenvalue weighted by atomic mass is 10.1. The molecule has 0 saturated heterocycles. The van der Waals surface area contributed by atoms with Crippen LogP contribution in [0, 0.1) is 0 Å². The van der Waals surface area contributed by atoms with Crippen LogP contribution >= 0.6 is 0 Å². The molecule has 0 fully saturated rings. The third kappa shape index (κ3) is 4.76. The van der Waals surface area contributed by atoms with Gasteiger partial charge in [-0.2, -0.15) is 4.31 Å². The lowest BCUT2D eigenvalue weighted by molar-refractivity contribution is 0.0785. The maximum atomic E-state index is 12.8. The Morgan fingerprint density at radius 2 is 1.61 bits per heavy atom. The van der Waals surface area contributed by atoms with Gasteiger partial charge in [-0.25, -0.2) is 8.42 Å². The van der Waals surface area contributed by atoms with Gasteiger partial charge < -0.3 is 10.6 Å². The van der Waals surface area contributed by atoms with Gasteiger partial charge in [0.15, 0.2) is 0 Å². The summed E-state index contributed by atoms with van der Waals surface area (Å²) >= 11 is 0. The van der Waals surface area contributed by atoms with Crippen LogP contribution in [-0.4, -0.2) is 49.6 Å². The fourth-order valence-electron chi connectivity index (χ4n) is 2.62. The van der Waals surface area contributed by atoms with E-state index in [1.807, 2.05) is 0 Å². The molecule has 2 aromatic rings. The maximum absolute atomic E-state index is 12.8. The summed E-state index contributed by atoms with van der Waals surface area (Å²) in [6, 6.07) is 12.5. The molecule has 0 aliphatic heterocycles. The molecule has 2 aromatic carbocycles. The summed E-state index contributed by atoms with van der Waals surface area (Å²) in [7, 11) is -0.565. The summed E-state index contributed by atoms with van der Waals surface area (Å²) in [5.41, 5.74) is 6.67. The van der Waals surface area contributed by atoms with E-state index in [1.165, 1.54) is 28.4 Å². The highest BCUT2D eigenvalue weighted by Gasteiger charge is 2.24. The van der Waals surface area contributed by atoms with Crippen molar-refractivity contribution in [3.05, 3.63) is 65.2 Å². The summed E-state index contributed by atoms with van der Waals surface area (Å²) in [4.78, 5) is 25.6. The largest absolute Gasteiger partial charge is 0.366 e. The maximum Gasteiger partial charge on any atom is 0.253 e. The lowest BCUT2D eigenvalue weighted by Crippen LogP contribution is -2.33. The lowest BCUT2D eigenvalue weighted by Gasteiger charge is -2.22. The highest BCUT2D eigenvalue weighted by Crippen LogP contribution is 2.19.